The summed E-state index contributed by atoms with van der Waals surface area (Å²) >= 11 is 0.922. The zero-order valence-electron chi connectivity index (χ0n) is 18.0. The molecule has 1 atom stereocenters. The summed E-state index contributed by atoms with van der Waals surface area (Å²) in [6.45, 7) is 1.50. The smallest absolute Gasteiger partial charge is 0.416 e. The van der Waals surface area contributed by atoms with Crippen molar-refractivity contribution in [3.05, 3.63) is 70.9 Å². The molecular formula is C23H19F3N2O5S. The molecule has 0 unspecified atom stereocenters. The highest BCUT2D eigenvalue weighted by Crippen LogP contribution is 2.39. The van der Waals surface area contributed by atoms with E-state index < -0.39 is 23.8 Å². The van der Waals surface area contributed by atoms with Crippen molar-refractivity contribution in [3.8, 4) is 16.5 Å². The average molecular weight is 492 g/mol. The first-order chi connectivity index (χ1) is 16.2. The second-order valence-corrected chi connectivity index (χ2v) is 8.27. The summed E-state index contributed by atoms with van der Waals surface area (Å²) in [4.78, 5) is 16.1. The first kappa shape index (κ1) is 23.6. The summed E-state index contributed by atoms with van der Waals surface area (Å²) in [5.41, 5.74) is 0.366. The van der Waals surface area contributed by atoms with Crippen molar-refractivity contribution < 1.29 is 37.3 Å². The van der Waals surface area contributed by atoms with Gasteiger partial charge in [-0.2, -0.15) is 13.2 Å². The van der Waals surface area contributed by atoms with Gasteiger partial charge in [-0.1, -0.05) is 18.2 Å². The van der Waals surface area contributed by atoms with Gasteiger partial charge in [0.2, 0.25) is 0 Å². The molecule has 4 aromatic rings. The molecule has 0 radical (unpaired) electrons. The van der Waals surface area contributed by atoms with Gasteiger partial charge < -0.3 is 19.3 Å². The predicted molar refractivity (Wildman–Crippen MR) is 119 cm³/mol. The lowest BCUT2D eigenvalue weighted by Gasteiger charge is -2.19. The predicted octanol–water partition coefficient (Wildman–Crippen LogP) is 5.93. The van der Waals surface area contributed by atoms with Crippen LogP contribution in [0.2, 0.25) is 0 Å². The zero-order chi connectivity index (χ0) is 24.5. The van der Waals surface area contributed by atoms with Crippen molar-refractivity contribution in [1.82, 2.24) is 9.55 Å². The molecule has 178 valence electrons. The van der Waals surface area contributed by atoms with Crippen LogP contribution >= 0.6 is 11.3 Å². The van der Waals surface area contributed by atoms with Gasteiger partial charge in [-0.3, -0.25) is 4.57 Å². The Balaban J connectivity index is 1.71. The summed E-state index contributed by atoms with van der Waals surface area (Å²) in [6.07, 6.45) is -4.09. The molecule has 0 amide bonds. The minimum Gasteiger partial charge on any atom is -0.484 e. The monoisotopic (exact) mass is 492 g/mol. The molecule has 0 saturated heterocycles. The second-order valence-electron chi connectivity index (χ2n) is 7.24. The average Bonchev–Trinajstić information content (AvgIpc) is 3.40. The molecule has 0 bridgehead atoms. The Morgan fingerprint density at radius 1 is 1.21 bits per heavy atom. The third-order valence-electron chi connectivity index (χ3n) is 4.99. The molecule has 0 aliphatic carbocycles. The number of halogens is 3. The summed E-state index contributed by atoms with van der Waals surface area (Å²) in [5.74, 6) is -0.762. The van der Waals surface area contributed by atoms with Gasteiger partial charge in [0.15, 0.2) is 11.7 Å². The molecule has 34 heavy (non-hydrogen) atoms. The molecule has 7 nitrogen and oxygen atoms in total. The summed E-state index contributed by atoms with van der Waals surface area (Å²) < 4.78 is 58.1. The van der Waals surface area contributed by atoms with E-state index in [9.17, 15) is 23.1 Å². The van der Waals surface area contributed by atoms with E-state index in [1.54, 1.807) is 22.8 Å². The highest BCUT2D eigenvalue weighted by molar-refractivity contribution is 7.16. The number of thiophene rings is 1. The van der Waals surface area contributed by atoms with Crippen molar-refractivity contribution in [2.75, 3.05) is 13.9 Å². The SMILES string of the molecule is COCOc1ccc2ncn(-c3cc(O[C@H](C)c4ccccc4C(F)(F)F)c(C(=O)O)s3)c2c1. The minimum atomic E-state index is -4.57. The third-order valence-corrected chi connectivity index (χ3v) is 6.09. The Morgan fingerprint density at radius 2 is 1.97 bits per heavy atom. The number of carboxylic acid groups (broad SMARTS) is 1. The van der Waals surface area contributed by atoms with Gasteiger partial charge in [-0.25, -0.2) is 9.78 Å². The van der Waals surface area contributed by atoms with Crippen LogP contribution in [0.1, 0.15) is 33.8 Å². The lowest BCUT2D eigenvalue weighted by atomic mass is 10.0. The fraction of sp³-hybridized carbons (Fsp3) is 0.217. The first-order valence-corrected chi connectivity index (χ1v) is 10.8. The van der Waals surface area contributed by atoms with E-state index in [1.807, 2.05) is 0 Å². The van der Waals surface area contributed by atoms with Gasteiger partial charge in [0.05, 0.1) is 16.6 Å². The largest absolute Gasteiger partial charge is 0.484 e. The standard InChI is InChI=1S/C23H19F3N2O5S/c1-13(15-5-3-4-6-16(15)23(24,25)26)33-19-10-20(34-21(19)22(29)30)28-11-27-17-8-7-14(9-18(17)28)32-12-31-2/h3-11,13H,12H2,1-2H3,(H,29,30)/t13-/m1/s1. The Hall–Kier alpha value is -3.57. The molecule has 0 fully saturated rings. The number of aromatic nitrogens is 2. The summed E-state index contributed by atoms with van der Waals surface area (Å²) in [5, 5.41) is 10.2. The molecule has 0 spiro atoms. The maximum absolute atomic E-state index is 13.4. The number of imidazole rings is 1. The lowest BCUT2D eigenvalue weighted by molar-refractivity contribution is -0.139. The van der Waals surface area contributed by atoms with Crippen LogP contribution in [0.15, 0.2) is 54.9 Å². The number of aromatic carboxylic acids is 1. The number of hydrogen-bond donors (Lipinski definition) is 1. The molecule has 1 N–H and O–H groups in total. The van der Waals surface area contributed by atoms with Crippen LogP contribution in [0.5, 0.6) is 11.5 Å². The molecule has 0 aliphatic heterocycles. The van der Waals surface area contributed by atoms with Crippen LogP contribution in [-0.2, 0) is 10.9 Å². The van der Waals surface area contributed by atoms with Gasteiger partial charge in [-0.05, 0) is 25.1 Å². The Kier molecular flexibility index (Phi) is 6.49. The molecule has 2 aromatic heterocycles. The number of carboxylic acids is 1. The normalized spacial score (nSPS) is 12.6. The molecule has 2 aromatic carbocycles. The number of nitrogens with zero attached hydrogens (tertiary/aromatic N) is 2. The summed E-state index contributed by atoms with van der Waals surface area (Å²) in [7, 11) is 1.50. The van der Waals surface area contributed by atoms with Crippen molar-refractivity contribution in [2.24, 2.45) is 0 Å². The van der Waals surface area contributed by atoms with E-state index in [4.69, 9.17) is 14.2 Å². The van der Waals surface area contributed by atoms with Crippen LogP contribution in [0.25, 0.3) is 16.0 Å². The summed E-state index contributed by atoms with van der Waals surface area (Å²) in [6, 6.07) is 11.7. The Bertz CT molecular complexity index is 1330. The maximum Gasteiger partial charge on any atom is 0.416 e. The minimum absolute atomic E-state index is 0.0365. The number of hydrogen-bond acceptors (Lipinski definition) is 6. The first-order valence-electron chi connectivity index (χ1n) is 9.98. The number of fused-ring (bicyclic) bond motifs is 1. The molecule has 11 heteroatoms. The van der Waals surface area contributed by atoms with Crippen molar-refractivity contribution in [2.45, 2.75) is 19.2 Å². The zero-order valence-corrected chi connectivity index (χ0v) is 18.8. The van der Waals surface area contributed by atoms with E-state index >= 15 is 0 Å². The Labute approximate surface area is 195 Å². The van der Waals surface area contributed by atoms with E-state index in [0.29, 0.717) is 21.8 Å². The van der Waals surface area contributed by atoms with Crippen LogP contribution in [-0.4, -0.2) is 34.5 Å². The molecule has 0 saturated carbocycles. The number of benzene rings is 2. The molecular weight excluding hydrogens is 473 g/mol. The maximum atomic E-state index is 13.4. The quantitative estimate of drug-likeness (QED) is 0.307. The van der Waals surface area contributed by atoms with Crippen LogP contribution in [0.4, 0.5) is 13.2 Å². The van der Waals surface area contributed by atoms with Crippen molar-refractivity contribution in [1.29, 1.82) is 0 Å². The molecule has 4 rings (SSSR count). The topological polar surface area (TPSA) is 82.8 Å². The number of ether oxygens (including phenoxy) is 3. The number of rotatable bonds is 8. The van der Waals surface area contributed by atoms with Crippen molar-refractivity contribution >= 4 is 28.3 Å². The van der Waals surface area contributed by atoms with Crippen LogP contribution < -0.4 is 9.47 Å². The number of methoxy groups -OCH3 is 1. The fourth-order valence-corrected chi connectivity index (χ4v) is 4.37. The number of alkyl halides is 3. The van der Waals surface area contributed by atoms with E-state index in [1.165, 1.54) is 44.6 Å². The van der Waals surface area contributed by atoms with Crippen molar-refractivity contribution in [3.63, 3.8) is 0 Å². The van der Waals surface area contributed by atoms with Gasteiger partial charge in [0.1, 0.15) is 28.9 Å². The van der Waals surface area contributed by atoms with Crippen LogP contribution in [0, 0.1) is 0 Å². The van der Waals surface area contributed by atoms with E-state index in [-0.39, 0.29) is 23.0 Å². The fourth-order valence-electron chi connectivity index (χ4n) is 3.46. The van der Waals surface area contributed by atoms with Crippen LogP contribution in [0.3, 0.4) is 0 Å². The van der Waals surface area contributed by atoms with E-state index in [0.717, 1.165) is 17.4 Å². The third kappa shape index (κ3) is 4.70. The second kappa shape index (κ2) is 9.35. The van der Waals surface area contributed by atoms with Gasteiger partial charge >= 0.3 is 12.1 Å². The van der Waals surface area contributed by atoms with Gasteiger partial charge in [0, 0.05) is 24.8 Å². The lowest BCUT2D eigenvalue weighted by Crippen LogP contribution is -2.14. The highest BCUT2D eigenvalue weighted by Gasteiger charge is 2.35. The molecule has 0 aliphatic rings. The Morgan fingerprint density at radius 3 is 2.68 bits per heavy atom. The highest BCUT2D eigenvalue weighted by atomic mass is 32.1. The van der Waals surface area contributed by atoms with E-state index in [2.05, 4.69) is 4.98 Å². The number of carbonyl (C=O) groups is 1. The molecule has 2 heterocycles. The van der Waals surface area contributed by atoms with Gasteiger partial charge in [0.25, 0.3) is 0 Å². The van der Waals surface area contributed by atoms with Gasteiger partial charge in [-0.15, -0.1) is 11.3 Å².